The van der Waals surface area contributed by atoms with Crippen LogP contribution < -0.4 is 10.6 Å². The molecule has 2 amide bonds. The van der Waals surface area contributed by atoms with Crippen molar-refractivity contribution < 1.29 is 19.1 Å². The Labute approximate surface area is 186 Å². The zero-order valence-electron chi connectivity index (χ0n) is 16.4. The van der Waals surface area contributed by atoms with E-state index in [0.29, 0.717) is 11.4 Å². The van der Waals surface area contributed by atoms with Crippen molar-refractivity contribution in [2.75, 3.05) is 17.2 Å². The number of anilines is 2. The number of aryl methyl sites for hydroxylation is 1. The summed E-state index contributed by atoms with van der Waals surface area (Å²) in [5.74, 6) is -1.33. The highest BCUT2D eigenvalue weighted by molar-refractivity contribution is 9.10. The van der Waals surface area contributed by atoms with Gasteiger partial charge in [0.05, 0.1) is 6.42 Å². The van der Waals surface area contributed by atoms with E-state index in [2.05, 4.69) is 42.5 Å². The number of rotatable bonds is 7. The molecular formula is C21H22Br2N2O4. The molecule has 0 saturated carbocycles. The fourth-order valence-corrected chi connectivity index (χ4v) is 3.43. The van der Waals surface area contributed by atoms with Crippen LogP contribution in [0, 0.1) is 20.8 Å². The molecule has 2 N–H and O–H groups in total. The number of hydrogen-bond acceptors (Lipinski definition) is 4. The van der Waals surface area contributed by atoms with Gasteiger partial charge >= 0.3 is 5.97 Å². The SMILES string of the molecule is Cc1cc(Br)ccc1NC(=O)CCC(=O)OCC(=O)Nc1ccc(Br)c(C)c1C. The van der Waals surface area contributed by atoms with Crippen LogP contribution in [-0.4, -0.2) is 24.4 Å². The van der Waals surface area contributed by atoms with Crippen molar-refractivity contribution in [1.29, 1.82) is 0 Å². The molecular weight excluding hydrogens is 504 g/mol. The highest BCUT2D eigenvalue weighted by Gasteiger charge is 2.13. The van der Waals surface area contributed by atoms with Gasteiger partial charge in [-0.15, -0.1) is 0 Å². The maximum Gasteiger partial charge on any atom is 0.306 e. The molecule has 0 aromatic heterocycles. The average Bonchev–Trinajstić information content (AvgIpc) is 2.67. The lowest BCUT2D eigenvalue weighted by atomic mass is 10.1. The molecule has 0 fully saturated rings. The summed E-state index contributed by atoms with van der Waals surface area (Å²) in [4.78, 5) is 35.9. The smallest absolute Gasteiger partial charge is 0.306 e. The van der Waals surface area contributed by atoms with Crippen LogP contribution in [0.1, 0.15) is 29.5 Å². The number of ether oxygens (including phenoxy) is 1. The van der Waals surface area contributed by atoms with Gasteiger partial charge in [-0.3, -0.25) is 14.4 Å². The molecule has 0 unspecified atom stereocenters. The Kier molecular flexibility index (Phi) is 8.40. The number of amides is 2. The number of carbonyl (C=O) groups is 3. The number of nitrogens with one attached hydrogen (secondary N) is 2. The number of halogens is 2. The molecule has 0 atom stereocenters. The van der Waals surface area contributed by atoms with Gasteiger partial charge in [-0.25, -0.2) is 0 Å². The first-order valence-corrected chi connectivity index (χ1v) is 10.5. The molecule has 2 aromatic carbocycles. The fraction of sp³-hybridized carbons (Fsp3) is 0.286. The van der Waals surface area contributed by atoms with Gasteiger partial charge in [0.25, 0.3) is 5.91 Å². The van der Waals surface area contributed by atoms with E-state index in [4.69, 9.17) is 4.74 Å². The van der Waals surface area contributed by atoms with E-state index in [1.165, 1.54) is 0 Å². The van der Waals surface area contributed by atoms with Crippen LogP contribution in [-0.2, 0) is 19.1 Å². The van der Waals surface area contributed by atoms with Crippen molar-refractivity contribution >= 4 is 61.0 Å². The van der Waals surface area contributed by atoms with Gasteiger partial charge in [0.2, 0.25) is 5.91 Å². The van der Waals surface area contributed by atoms with Crippen molar-refractivity contribution in [3.63, 3.8) is 0 Å². The lowest BCUT2D eigenvalue weighted by Crippen LogP contribution is -2.22. The third-order valence-corrected chi connectivity index (χ3v) is 5.73. The van der Waals surface area contributed by atoms with Crippen LogP contribution in [0.3, 0.4) is 0 Å². The van der Waals surface area contributed by atoms with Gasteiger partial charge in [0.1, 0.15) is 0 Å². The Morgan fingerprint density at radius 3 is 2.21 bits per heavy atom. The minimum absolute atomic E-state index is 0.0268. The topological polar surface area (TPSA) is 84.5 Å². The quantitative estimate of drug-likeness (QED) is 0.496. The van der Waals surface area contributed by atoms with E-state index in [9.17, 15) is 14.4 Å². The predicted molar refractivity (Wildman–Crippen MR) is 120 cm³/mol. The largest absolute Gasteiger partial charge is 0.456 e. The molecule has 0 aliphatic carbocycles. The zero-order chi connectivity index (χ0) is 21.6. The van der Waals surface area contributed by atoms with Gasteiger partial charge in [-0.1, -0.05) is 31.9 Å². The number of hydrogen-bond donors (Lipinski definition) is 2. The molecule has 6 nitrogen and oxygen atoms in total. The predicted octanol–water partition coefficient (Wildman–Crippen LogP) is 5.04. The first-order chi connectivity index (χ1) is 13.7. The molecule has 2 aromatic rings. The van der Waals surface area contributed by atoms with Gasteiger partial charge in [-0.2, -0.15) is 0 Å². The van der Waals surface area contributed by atoms with Gasteiger partial charge < -0.3 is 15.4 Å². The van der Waals surface area contributed by atoms with Crippen LogP contribution in [0.25, 0.3) is 0 Å². The Hall–Kier alpha value is -2.19. The number of benzene rings is 2. The second-order valence-corrected chi connectivity index (χ2v) is 8.33. The van der Waals surface area contributed by atoms with Crippen LogP contribution in [0.15, 0.2) is 39.3 Å². The van der Waals surface area contributed by atoms with E-state index in [1.807, 2.05) is 39.0 Å². The monoisotopic (exact) mass is 524 g/mol. The molecule has 0 bridgehead atoms. The van der Waals surface area contributed by atoms with Crippen LogP contribution in [0.2, 0.25) is 0 Å². The minimum atomic E-state index is -0.605. The lowest BCUT2D eigenvalue weighted by molar-refractivity contribution is -0.147. The summed E-state index contributed by atoms with van der Waals surface area (Å²) in [7, 11) is 0. The zero-order valence-corrected chi connectivity index (χ0v) is 19.6. The molecule has 29 heavy (non-hydrogen) atoms. The Morgan fingerprint density at radius 2 is 1.52 bits per heavy atom. The minimum Gasteiger partial charge on any atom is -0.456 e. The van der Waals surface area contributed by atoms with E-state index in [1.54, 1.807) is 12.1 Å². The molecule has 0 radical (unpaired) electrons. The molecule has 0 heterocycles. The molecule has 0 aliphatic rings. The summed E-state index contributed by atoms with van der Waals surface area (Å²) >= 11 is 6.80. The van der Waals surface area contributed by atoms with Crippen molar-refractivity contribution in [3.05, 3.63) is 56.0 Å². The first kappa shape index (κ1) is 23.1. The summed E-state index contributed by atoms with van der Waals surface area (Å²) in [5.41, 5.74) is 4.21. The normalized spacial score (nSPS) is 10.4. The third kappa shape index (κ3) is 6.97. The van der Waals surface area contributed by atoms with E-state index in [0.717, 1.165) is 25.6 Å². The molecule has 0 saturated heterocycles. The van der Waals surface area contributed by atoms with E-state index >= 15 is 0 Å². The van der Waals surface area contributed by atoms with Gasteiger partial charge in [-0.05, 0) is 67.8 Å². The number of carbonyl (C=O) groups excluding carboxylic acids is 3. The van der Waals surface area contributed by atoms with Crippen LogP contribution in [0.5, 0.6) is 0 Å². The first-order valence-electron chi connectivity index (χ1n) is 8.94. The molecule has 154 valence electrons. The third-order valence-electron chi connectivity index (χ3n) is 4.38. The average molecular weight is 526 g/mol. The van der Waals surface area contributed by atoms with Crippen molar-refractivity contribution in [3.8, 4) is 0 Å². The summed E-state index contributed by atoms with van der Waals surface area (Å²) in [5, 5.41) is 5.48. The Balaban J connectivity index is 1.76. The van der Waals surface area contributed by atoms with Crippen molar-refractivity contribution in [1.82, 2.24) is 0 Å². The van der Waals surface area contributed by atoms with E-state index < -0.39 is 18.5 Å². The summed E-state index contributed by atoms with van der Waals surface area (Å²) in [6.07, 6.45) is -0.133. The summed E-state index contributed by atoms with van der Waals surface area (Å²) < 4.78 is 6.84. The van der Waals surface area contributed by atoms with Crippen LogP contribution in [0.4, 0.5) is 11.4 Å². The lowest BCUT2D eigenvalue weighted by Gasteiger charge is -2.12. The van der Waals surface area contributed by atoms with Crippen LogP contribution >= 0.6 is 31.9 Å². The number of esters is 1. The summed E-state index contributed by atoms with van der Waals surface area (Å²) in [6.45, 7) is 5.31. The Morgan fingerprint density at radius 1 is 0.862 bits per heavy atom. The molecule has 0 aliphatic heterocycles. The second kappa shape index (κ2) is 10.5. The highest BCUT2D eigenvalue weighted by Crippen LogP contribution is 2.25. The van der Waals surface area contributed by atoms with Gasteiger partial charge in [0, 0.05) is 26.7 Å². The van der Waals surface area contributed by atoms with Gasteiger partial charge in [0.15, 0.2) is 6.61 Å². The maximum atomic E-state index is 12.0. The molecule has 2 rings (SSSR count). The van der Waals surface area contributed by atoms with E-state index in [-0.39, 0.29) is 18.7 Å². The molecule has 8 heteroatoms. The van der Waals surface area contributed by atoms with Crippen molar-refractivity contribution in [2.45, 2.75) is 33.6 Å². The van der Waals surface area contributed by atoms with Crippen molar-refractivity contribution in [2.24, 2.45) is 0 Å². The standard InChI is InChI=1S/C21H22Br2N2O4/c1-12-10-15(22)4-6-17(12)24-19(26)8-9-21(28)29-11-20(27)25-18-7-5-16(23)13(2)14(18)3/h4-7,10H,8-9,11H2,1-3H3,(H,24,26)(H,25,27). The highest BCUT2D eigenvalue weighted by atomic mass is 79.9. The second-order valence-electron chi connectivity index (χ2n) is 6.56. The summed E-state index contributed by atoms with van der Waals surface area (Å²) in [6, 6.07) is 9.11. The fourth-order valence-electron chi connectivity index (χ4n) is 2.52. The maximum absolute atomic E-state index is 12.0. The Bertz CT molecular complexity index is 945. The molecule has 0 spiro atoms.